The van der Waals surface area contributed by atoms with E-state index >= 15 is 0 Å². The molecule has 122 valence electrons. The van der Waals surface area contributed by atoms with Crippen molar-refractivity contribution >= 4 is 60.8 Å². The van der Waals surface area contributed by atoms with Crippen molar-refractivity contribution in [3.05, 3.63) is 57.0 Å². The molecule has 0 saturated heterocycles. The van der Waals surface area contributed by atoms with Gasteiger partial charge in [-0.3, -0.25) is 10.1 Å². The van der Waals surface area contributed by atoms with Gasteiger partial charge in [0.25, 0.3) is 5.91 Å². The molecule has 0 bridgehead atoms. The third-order valence-electron chi connectivity index (χ3n) is 2.78. The summed E-state index contributed by atoms with van der Waals surface area (Å²) in [5.74, 6) is 0.176. The molecule has 2 N–H and O–H groups in total. The second kappa shape index (κ2) is 8.78. The molecule has 0 aliphatic rings. The van der Waals surface area contributed by atoms with E-state index in [1.54, 1.807) is 30.3 Å². The molecule has 2 aromatic rings. The lowest BCUT2D eigenvalue weighted by atomic mass is 10.2. The average Bonchev–Trinajstić information content (AvgIpc) is 2.54. The number of carbonyl (C=O) groups excluding carboxylic acids is 1. The third kappa shape index (κ3) is 5.60. The first-order chi connectivity index (χ1) is 11.5. The average molecular weight is 469 g/mol. The minimum atomic E-state index is -0.379. The molecule has 0 unspecified atom stereocenters. The van der Waals surface area contributed by atoms with E-state index in [4.69, 9.17) is 22.2 Å². The van der Waals surface area contributed by atoms with E-state index < -0.39 is 0 Å². The summed E-state index contributed by atoms with van der Waals surface area (Å²) in [4.78, 5) is 11.9. The van der Waals surface area contributed by atoms with Crippen LogP contribution in [0.25, 0.3) is 0 Å². The number of rotatable bonds is 4. The molecule has 5 nitrogen and oxygen atoms in total. The summed E-state index contributed by atoms with van der Waals surface area (Å²) in [7, 11) is 0. The van der Waals surface area contributed by atoms with Crippen LogP contribution in [0.3, 0.4) is 0 Å². The first-order valence-electron chi connectivity index (χ1n) is 6.67. The molecule has 0 saturated carbocycles. The minimum Gasteiger partial charge on any atom is -0.483 e. The summed E-state index contributed by atoms with van der Waals surface area (Å²) >= 11 is 11.8. The first-order valence-corrected chi connectivity index (χ1v) is 8.66. The predicted molar refractivity (Wildman–Crippen MR) is 103 cm³/mol. The highest BCUT2D eigenvalue weighted by Gasteiger charge is 2.08. The molecule has 0 aliphatic heterocycles. The van der Waals surface area contributed by atoms with E-state index in [0.717, 1.165) is 8.95 Å². The number of anilines is 1. The molecule has 2 aromatic carbocycles. The fourth-order valence-corrected chi connectivity index (χ4v) is 3.08. The van der Waals surface area contributed by atoms with Crippen molar-refractivity contribution in [2.75, 3.05) is 11.9 Å². The maximum Gasteiger partial charge on any atom is 0.264 e. The number of hydrogen-bond donors (Lipinski definition) is 2. The molecule has 0 aliphatic carbocycles. The van der Waals surface area contributed by atoms with Gasteiger partial charge in [0.05, 0.1) is 16.1 Å². The Morgan fingerprint density at radius 3 is 2.54 bits per heavy atom. The quantitative estimate of drug-likeness (QED) is 0.664. The minimum absolute atomic E-state index is 0.156. The zero-order chi connectivity index (χ0) is 17.5. The Labute approximate surface area is 161 Å². The molecule has 2 rings (SSSR count). The van der Waals surface area contributed by atoms with E-state index in [-0.39, 0.29) is 17.6 Å². The van der Waals surface area contributed by atoms with Gasteiger partial charge in [-0.25, -0.2) is 0 Å². The third-order valence-corrected chi connectivity index (χ3v) is 4.09. The van der Waals surface area contributed by atoms with E-state index in [2.05, 4.69) is 42.5 Å². The van der Waals surface area contributed by atoms with Crippen molar-refractivity contribution in [2.24, 2.45) is 0 Å². The summed E-state index contributed by atoms with van der Waals surface area (Å²) in [5, 5.41) is 14.3. The molecule has 0 atom stereocenters. The first kappa shape index (κ1) is 18.4. The Morgan fingerprint density at radius 2 is 1.92 bits per heavy atom. The zero-order valence-electron chi connectivity index (χ0n) is 12.2. The number of hydrogen-bond acceptors (Lipinski definition) is 4. The van der Waals surface area contributed by atoms with Crippen LogP contribution >= 0.6 is 44.1 Å². The Balaban J connectivity index is 1.83. The second-order valence-corrected chi connectivity index (χ2v) is 6.73. The summed E-state index contributed by atoms with van der Waals surface area (Å²) in [6.07, 6.45) is 0. The number of amides is 1. The molecule has 0 fully saturated rings. The molecular weight excluding hydrogens is 458 g/mol. The van der Waals surface area contributed by atoms with Crippen molar-refractivity contribution in [3.8, 4) is 11.8 Å². The second-order valence-electron chi connectivity index (χ2n) is 4.55. The van der Waals surface area contributed by atoms with Gasteiger partial charge in [-0.15, -0.1) is 0 Å². The van der Waals surface area contributed by atoms with Crippen LogP contribution in [-0.4, -0.2) is 17.6 Å². The maximum absolute atomic E-state index is 11.9. The number of nitrogens with one attached hydrogen (secondary N) is 2. The number of halogens is 2. The molecule has 0 spiro atoms. The van der Waals surface area contributed by atoms with Crippen molar-refractivity contribution < 1.29 is 9.53 Å². The Hall–Kier alpha value is -1.95. The van der Waals surface area contributed by atoms with E-state index in [1.807, 2.05) is 18.2 Å². The summed E-state index contributed by atoms with van der Waals surface area (Å²) in [6, 6.07) is 14.1. The fraction of sp³-hybridized carbons (Fsp3) is 0.0625. The summed E-state index contributed by atoms with van der Waals surface area (Å²) < 4.78 is 7.07. The molecule has 1 amide bonds. The summed E-state index contributed by atoms with van der Waals surface area (Å²) in [5.41, 5.74) is 1.22. The lowest BCUT2D eigenvalue weighted by Gasteiger charge is -2.11. The number of carbonyl (C=O) groups is 1. The monoisotopic (exact) mass is 467 g/mol. The molecule has 0 heterocycles. The van der Waals surface area contributed by atoms with Crippen LogP contribution in [0.5, 0.6) is 5.75 Å². The Kier molecular flexibility index (Phi) is 6.73. The molecular formula is C16H11Br2N3O2S. The van der Waals surface area contributed by atoms with Crippen LogP contribution in [0, 0.1) is 11.3 Å². The van der Waals surface area contributed by atoms with Crippen LogP contribution in [-0.2, 0) is 4.79 Å². The smallest absolute Gasteiger partial charge is 0.264 e. The highest BCUT2D eigenvalue weighted by molar-refractivity contribution is 9.11. The van der Waals surface area contributed by atoms with Gasteiger partial charge in [-0.05, 0) is 70.6 Å². The van der Waals surface area contributed by atoms with Gasteiger partial charge in [0.2, 0.25) is 0 Å². The van der Waals surface area contributed by atoms with Gasteiger partial charge in [0, 0.05) is 10.2 Å². The SMILES string of the molecule is N#Cc1ccc(NC(=S)NC(=O)COc2ccc(Br)cc2Br)cc1. The van der Waals surface area contributed by atoms with Crippen molar-refractivity contribution in [1.29, 1.82) is 5.26 Å². The number of nitrogens with zero attached hydrogens (tertiary/aromatic N) is 1. The van der Waals surface area contributed by atoms with Gasteiger partial charge in [-0.2, -0.15) is 5.26 Å². The van der Waals surface area contributed by atoms with Crippen LogP contribution in [0.15, 0.2) is 51.4 Å². The lowest BCUT2D eigenvalue weighted by molar-refractivity contribution is -0.121. The van der Waals surface area contributed by atoms with Crippen molar-refractivity contribution in [3.63, 3.8) is 0 Å². The van der Waals surface area contributed by atoms with Crippen LogP contribution < -0.4 is 15.4 Å². The number of thiocarbonyl (C=S) groups is 1. The zero-order valence-corrected chi connectivity index (χ0v) is 16.2. The van der Waals surface area contributed by atoms with Gasteiger partial charge in [0.15, 0.2) is 11.7 Å². The molecule has 0 radical (unpaired) electrons. The van der Waals surface area contributed by atoms with E-state index in [0.29, 0.717) is 17.0 Å². The van der Waals surface area contributed by atoms with Gasteiger partial charge >= 0.3 is 0 Å². The standard InChI is InChI=1S/C16H11Br2N3O2S/c17-11-3-6-14(13(18)7-11)23-9-15(22)21-16(24)20-12-4-1-10(8-19)2-5-12/h1-7H,9H2,(H2,20,21,22,24). The molecule has 8 heteroatoms. The van der Waals surface area contributed by atoms with Crippen molar-refractivity contribution in [1.82, 2.24) is 5.32 Å². The number of nitriles is 1. The van der Waals surface area contributed by atoms with E-state index in [9.17, 15) is 4.79 Å². The predicted octanol–water partition coefficient (Wildman–Crippen LogP) is 3.98. The Morgan fingerprint density at radius 1 is 1.21 bits per heavy atom. The topological polar surface area (TPSA) is 74.2 Å². The van der Waals surface area contributed by atoms with Crippen LogP contribution in [0.4, 0.5) is 5.69 Å². The van der Waals surface area contributed by atoms with Crippen LogP contribution in [0.1, 0.15) is 5.56 Å². The highest BCUT2D eigenvalue weighted by Crippen LogP contribution is 2.28. The van der Waals surface area contributed by atoms with Gasteiger partial charge in [0.1, 0.15) is 5.75 Å². The normalized spacial score (nSPS) is 9.71. The molecule has 0 aromatic heterocycles. The van der Waals surface area contributed by atoms with Crippen LogP contribution in [0.2, 0.25) is 0 Å². The maximum atomic E-state index is 11.9. The summed E-state index contributed by atoms with van der Waals surface area (Å²) in [6.45, 7) is -0.171. The lowest BCUT2D eigenvalue weighted by Crippen LogP contribution is -2.37. The van der Waals surface area contributed by atoms with Gasteiger partial charge < -0.3 is 10.1 Å². The largest absolute Gasteiger partial charge is 0.483 e. The molecule has 24 heavy (non-hydrogen) atoms. The Bertz CT molecular complexity index is 804. The van der Waals surface area contributed by atoms with Gasteiger partial charge in [-0.1, -0.05) is 15.9 Å². The highest BCUT2D eigenvalue weighted by atomic mass is 79.9. The van der Waals surface area contributed by atoms with E-state index in [1.165, 1.54) is 0 Å². The van der Waals surface area contributed by atoms with Crippen molar-refractivity contribution in [2.45, 2.75) is 0 Å². The number of ether oxygens (including phenoxy) is 1. The number of benzene rings is 2. The fourth-order valence-electron chi connectivity index (χ4n) is 1.69.